The van der Waals surface area contributed by atoms with E-state index >= 15 is 0 Å². The Labute approximate surface area is 209 Å². The van der Waals surface area contributed by atoms with Crippen LogP contribution in [0.3, 0.4) is 0 Å². The molecule has 1 saturated heterocycles. The zero-order valence-corrected chi connectivity index (χ0v) is 21.2. The number of nitrogens with zero attached hydrogens (tertiary/aromatic N) is 4. The average molecular weight is 473 g/mol. The maximum absolute atomic E-state index is 9.33. The fourth-order valence-electron chi connectivity index (χ4n) is 4.26. The molecule has 1 aromatic carbocycles. The fourth-order valence-corrected chi connectivity index (χ4v) is 4.26. The monoisotopic (exact) mass is 472 g/mol. The highest BCUT2D eigenvalue weighted by Gasteiger charge is 2.15. The predicted octanol–water partition coefficient (Wildman–Crippen LogP) is 6.09. The number of hydrogen-bond acceptors (Lipinski definition) is 5. The smallest absolute Gasteiger partial charge is 0.189 e. The number of allylic oxidation sites excluding steroid dienone is 2. The van der Waals surface area contributed by atoms with Crippen LogP contribution in [-0.4, -0.2) is 35.6 Å². The van der Waals surface area contributed by atoms with Gasteiger partial charge in [-0.3, -0.25) is 4.98 Å². The van der Waals surface area contributed by atoms with Crippen LogP contribution in [0.25, 0.3) is 0 Å². The molecule has 0 radical (unpaired) electrons. The molecule has 1 aromatic heterocycles. The second-order valence-corrected chi connectivity index (χ2v) is 8.81. The third kappa shape index (κ3) is 7.53. The SMILES string of the molecule is C=C(/C=C\N=C(C)N1CCCCC1)C(C#N)c1ccccn1.CCc1cc(C)cc2c1OCOC2. The van der Waals surface area contributed by atoms with Crippen molar-refractivity contribution in [3.63, 3.8) is 0 Å². The largest absolute Gasteiger partial charge is 0.467 e. The molecule has 6 heteroatoms. The van der Waals surface area contributed by atoms with Gasteiger partial charge in [0.05, 0.1) is 18.4 Å². The zero-order chi connectivity index (χ0) is 25.0. The van der Waals surface area contributed by atoms with E-state index in [9.17, 15) is 5.26 Å². The molecular weight excluding hydrogens is 436 g/mol. The molecule has 0 bridgehead atoms. The van der Waals surface area contributed by atoms with Crippen LogP contribution < -0.4 is 4.74 Å². The highest BCUT2D eigenvalue weighted by Crippen LogP contribution is 2.29. The summed E-state index contributed by atoms with van der Waals surface area (Å²) < 4.78 is 10.7. The molecule has 2 aliphatic rings. The molecule has 1 atom stereocenters. The number of benzene rings is 1. The van der Waals surface area contributed by atoms with Gasteiger partial charge in [0.15, 0.2) is 6.79 Å². The molecule has 0 amide bonds. The van der Waals surface area contributed by atoms with Crippen LogP contribution >= 0.6 is 0 Å². The van der Waals surface area contributed by atoms with E-state index in [1.807, 2.05) is 25.1 Å². The summed E-state index contributed by atoms with van der Waals surface area (Å²) in [5.74, 6) is 1.64. The minimum atomic E-state index is -0.428. The van der Waals surface area contributed by atoms with E-state index in [0.29, 0.717) is 19.0 Å². The lowest BCUT2D eigenvalue weighted by Crippen LogP contribution is -2.33. The van der Waals surface area contributed by atoms with E-state index in [0.717, 1.165) is 36.8 Å². The highest BCUT2D eigenvalue weighted by molar-refractivity contribution is 5.80. The van der Waals surface area contributed by atoms with Crippen molar-refractivity contribution in [2.45, 2.75) is 59.0 Å². The normalized spacial score (nSPS) is 16.4. The highest BCUT2D eigenvalue weighted by atomic mass is 16.7. The Bertz CT molecular complexity index is 1060. The molecule has 35 heavy (non-hydrogen) atoms. The van der Waals surface area contributed by atoms with Crippen molar-refractivity contribution in [3.05, 3.63) is 83.3 Å². The first kappa shape index (κ1) is 26.2. The van der Waals surface area contributed by atoms with Crippen LogP contribution in [0.4, 0.5) is 0 Å². The van der Waals surface area contributed by atoms with Crippen molar-refractivity contribution < 1.29 is 9.47 Å². The standard InChI is InChI=1S/C18H22N4.C11H14O2/c1-15(17(14-19)18-8-4-5-10-21-18)9-11-20-16(2)22-12-6-3-7-13-22;1-3-9-4-8(2)5-10-6-12-7-13-11(9)10/h4-5,8-11,17H,1,3,6-7,12-13H2,2H3;4-5H,3,6-7H2,1-2H3/b11-9-,20-16?;. The van der Waals surface area contributed by atoms with E-state index in [1.54, 1.807) is 18.5 Å². The van der Waals surface area contributed by atoms with Crippen molar-refractivity contribution in [1.29, 1.82) is 5.26 Å². The number of nitriles is 1. The molecular formula is C29H36N4O2. The van der Waals surface area contributed by atoms with Gasteiger partial charge in [-0.2, -0.15) is 5.26 Å². The van der Waals surface area contributed by atoms with Crippen LogP contribution in [0.2, 0.25) is 0 Å². The lowest BCUT2D eigenvalue weighted by Gasteiger charge is -2.27. The summed E-state index contributed by atoms with van der Waals surface area (Å²) in [6.07, 6.45) is 10.0. The number of hydrogen-bond donors (Lipinski definition) is 0. The minimum Gasteiger partial charge on any atom is -0.467 e. The van der Waals surface area contributed by atoms with Crippen molar-refractivity contribution in [3.8, 4) is 11.8 Å². The first-order chi connectivity index (χ1) is 17.0. The summed E-state index contributed by atoms with van der Waals surface area (Å²) in [5.41, 5.74) is 5.18. The number of aryl methyl sites for hydroxylation is 2. The number of pyridine rings is 1. The molecule has 1 unspecified atom stereocenters. The Balaban J connectivity index is 0.000000223. The van der Waals surface area contributed by atoms with E-state index < -0.39 is 5.92 Å². The van der Waals surface area contributed by atoms with Gasteiger partial charge in [0.25, 0.3) is 0 Å². The van der Waals surface area contributed by atoms with E-state index in [2.05, 4.69) is 53.5 Å². The average Bonchev–Trinajstić information content (AvgIpc) is 2.90. The van der Waals surface area contributed by atoms with E-state index in [4.69, 9.17) is 9.47 Å². The van der Waals surface area contributed by atoms with E-state index in [-0.39, 0.29) is 0 Å². The number of likely N-dealkylation sites (tertiary alicyclic amines) is 1. The van der Waals surface area contributed by atoms with Gasteiger partial charge in [0, 0.05) is 31.0 Å². The molecule has 4 rings (SSSR count). The van der Waals surface area contributed by atoms with Crippen molar-refractivity contribution in [2.75, 3.05) is 19.9 Å². The van der Waals surface area contributed by atoms with Gasteiger partial charge in [-0.15, -0.1) is 0 Å². The number of fused-ring (bicyclic) bond motifs is 1. The van der Waals surface area contributed by atoms with Gasteiger partial charge in [0.1, 0.15) is 17.5 Å². The number of aliphatic imine (C=N–C) groups is 1. The lowest BCUT2D eigenvalue weighted by atomic mass is 9.98. The Hall–Kier alpha value is -3.43. The van der Waals surface area contributed by atoms with Gasteiger partial charge >= 0.3 is 0 Å². The van der Waals surface area contributed by atoms with Crippen molar-refractivity contribution in [1.82, 2.24) is 9.88 Å². The second-order valence-electron chi connectivity index (χ2n) is 8.81. The maximum atomic E-state index is 9.33. The first-order valence-electron chi connectivity index (χ1n) is 12.3. The molecule has 184 valence electrons. The topological polar surface area (TPSA) is 70.7 Å². The van der Waals surface area contributed by atoms with Gasteiger partial charge in [-0.25, -0.2) is 4.99 Å². The van der Waals surface area contributed by atoms with Crippen LogP contribution in [-0.2, 0) is 17.8 Å². The number of aromatic nitrogens is 1. The summed E-state index contributed by atoms with van der Waals surface area (Å²) in [6.45, 7) is 13.5. The van der Waals surface area contributed by atoms with Gasteiger partial charge in [-0.05, 0) is 68.9 Å². The van der Waals surface area contributed by atoms with Crippen LogP contribution in [0.1, 0.15) is 61.4 Å². The van der Waals surface area contributed by atoms with E-state index in [1.165, 1.54) is 36.0 Å². The number of piperidine rings is 1. The Morgan fingerprint density at radius 1 is 1.29 bits per heavy atom. The minimum absolute atomic E-state index is 0.392. The number of rotatable bonds is 5. The molecule has 0 spiro atoms. The summed E-state index contributed by atoms with van der Waals surface area (Å²) in [4.78, 5) is 11.0. The molecule has 3 heterocycles. The fraction of sp³-hybridized carbons (Fsp3) is 0.414. The molecule has 0 aliphatic carbocycles. The Kier molecular flexibility index (Phi) is 10.1. The zero-order valence-electron chi connectivity index (χ0n) is 21.2. The predicted molar refractivity (Wildman–Crippen MR) is 140 cm³/mol. The van der Waals surface area contributed by atoms with Gasteiger partial charge in [0.2, 0.25) is 0 Å². The summed E-state index contributed by atoms with van der Waals surface area (Å²) in [5, 5.41) is 9.33. The molecule has 2 aliphatic heterocycles. The van der Waals surface area contributed by atoms with Gasteiger partial charge in [-0.1, -0.05) is 37.3 Å². The quantitative estimate of drug-likeness (QED) is 0.299. The lowest BCUT2D eigenvalue weighted by molar-refractivity contribution is -0.0170. The number of amidine groups is 1. The van der Waals surface area contributed by atoms with Crippen molar-refractivity contribution in [2.24, 2.45) is 4.99 Å². The summed E-state index contributed by atoms with van der Waals surface area (Å²) >= 11 is 0. The molecule has 6 nitrogen and oxygen atoms in total. The molecule has 0 N–H and O–H groups in total. The first-order valence-corrected chi connectivity index (χ1v) is 12.3. The van der Waals surface area contributed by atoms with Crippen molar-refractivity contribution >= 4 is 5.84 Å². The maximum Gasteiger partial charge on any atom is 0.189 e. The Morgan fingerprint density at radius 2 is 2.09 bits per heavy atom. The van der Waals surface area contributed by atoms with Gasteiger partial charge < -0.3 is 14.4 Å². The number of ether oxygens (including phenoxy) is 2. The van der Waals surface area contributed by atoms with Crippen LogP contribution in [0, 0.1) is 18.3 Å². The Morgan fingerprint density at radius 3 is 2.77 bits per heavy atom. The second kappa shape index (κ2) is 13.5. The summed E-state index contributed by atoms with van der Waals surface area (Å²) in [6, 6.07) is 12.1. The third-order valence-electron chi connectivity index (χ3n) is 6.16. The molecule has 1 fully saturated rings. The third-order valence-corrected chi connectivity index (χ3v) is 6.16. The van der Waals surface area contributed by atoms with Crippen LogP contribution in [0.15, 0.2) is 65.9 Å². The molecule has 0 saturated carbocycles. The van der Waals surface area contributed by atoms with Crippen LogP contribution in [0.5, 0.6) is 5.75 Å². The molecule has 2 aromatic rings. The summed E-state index contributed by atoms with van der Waals surface area (Å²) in [7, 11) is 0.